The number of benzene rings is 1. The van der Waals surface area contributed by atoms with Gasteiger partial charge in [0.1, 0.15) is 0 Å². The monoisotopic (exact) mass is 478 g/mol. The van der Waals surface area contributed by atoms with Gasteiger partial charge in [0.2, 0.25) is 0 Å². The van der Waals surface area contributed by atoms with Crippen molar-refractivity contribution in [2.75, 3.05) is 5.32 Å². The Morgan fingerprint density at radius 2 is 1.82 bits per heavy atom. The summed E-state index contributed by atoms with van der Waals surface area (Å²) in [6, 6.07) is 5.20. The molecule has 0 aliphatic heterocycles. The van der Waals surface area contributed by atoms with Crippen molar-refractivity contribution in [2.45, 2.75) is 64.1 Å². The van der Waals surface area contributed by atoms with Crippen LogP contribution in [0.1, 0.15) is 79.1 Å². The molecule has 1 aliphatic carbocycles. The van der Waals surface area contributed by atoms with E-state index in [1.165, 1.54) is 12.8 Å². The van der Waals surface area contributed by atoms with Gasteiger partial charge in [-0.1, -0.05) is 19.8 Å². The van der Waals surface area contributed by atoms with E-state index in [0.29, 0.717) is 23.2 Å². The first kappa shape index (κ1) is 23.6. The maximum absolute atomic E-state index is 12.7. The summed E-state index contributed by atoms with van der Waals surface area (Å²) in [5.41, 5.74) is -1.16. The molecule has 10 heteroatoms. The van der Waals surface area contributed by atoms with Crippen molar-refractivity contribution < 1.29 is 23.1 Å². The topological polar surface area (TPSA) is 88.0 Å². The van der Waals surface area contributed by atoms with Gasteiger partial charge >= 0.3 is 6.18 Å². The van der Waals surface area contributed by atoms with Gasteiger partial charge < -0.3 is 10.4 Å². The minimum atomic E-state index is -4.64. The highest BCUT2D eigenvalue weighted by molar-refractivity contribution is 7.18. The predicted octanol–water partition coefficient (Wildman–Crippen LogP) is 5.88. The van der Waals surface area contributed by atoms with Gasteiger partial charge in [0.25, 0.3) is 5.91 Å². The van der Waals surface area contributed by atoms with Crippen LogP contribution < -0.4 is 5.32 Å². The van der Waals surface area contributed by atoms with Gasteiger partial charge in [0.15, 0.2) is 11.4 Å². The van der Waals surface area contributed by atoms with Crippen LogP contribution in [0.5, 0.6) is 0 Å². The van der Waals surface area contributed by atoms with Crippen molar-refractivity contribution >= 4 is 33.1 Å². The van der Waals surface area contributed by atoms with Crippen molar-refractivity contribution in [3.63, 3.8) is 0 Å². The van der Waals surface area contributed by atoms with Gasteiger partial charge in [-0.3, -0.25) is 4.79 Å². The quantitative estimate of drug-likeness (QED) is 0.489. The molecule has 0 saturated heterocycles. The molecule has 0 unspecified atom stereocenters. The van der Waals surface area contributed by atoms with Crippen molar-refractivity contribution in [1.29, 1.82) is 0 Å². The summed E-state index contributed by atoms with van der Waals surface area (Å²) in [6.07, 6.45) is -0.109. The highest BCUT2D eigenvalue weighted by atomic mass is 32.1. The zero-order chi connectivity index (χ0) is 24.0. The van der Waals surface area contributed by atoms with E-state index < -0.39 is 23.4 Å². The molecule has 176 valence electrons. The lowest BCUT2D eigenvalue weighted by Gasteiger charge is -2.24. The van der Waals surface area contributed by atoms with Crippen LogP contribution in [0.2, 0.25) is 0 Å². The molecule has 2 N–H and O–H groups in total. The number of aliphatic hydroxyl groups is 1. The summed E-state index contributed by atoms with van der Waals surface area (Å²) >= 11 is 1.57. The number of carbonyl (C=O) groups excluding carboxylic acids is 1. The van der Waals surface area contributed by atoms with E-state index in [2.05, 4.69) is 22.4 Å². The fourth-order valence-electron chi connectivity index (χ4n) is 4.07. The highest BCUT2D eigenvalue weighted by Crippen LogP contribution is 2.41. The summed E-state index contributed by atoms with van der Waals surface area (Å²) in [5, 5.41) is 20.9. The summed E-state index contributed by atoms with van der Waals surface area (Å²) in [5.74, 6) is 0.421. The number of nitrogens with one attached hydrogen (secondary N) is 1. The predicted molar refractivity (Wildman–Crippen MR) is 120 cm³/mol. The summed E-state index contributed by atoms with van der Waals surface area (Å²) < 4.78 is 39.0. The third-order valence-electron chi connectivity index (χ3n) is 6.00. The number of fused-ring (bicyclic) bond motifs is 1. The number of thiazole rings is 1. The second kappa shape index (κ2) is 8.64. The maximum atomic E-state index is 12.7. The largest absolute Gasteiger partial charge is 0.435 e. The lowest BCUT2D eigenvalue weighted by atomic mass is 9.83. The van der Waals surface area contributed by atoms with Crippen molar-refractivity contribution in [2.24, 2.45) is 5.92 Å². The highest BCUT2D eigenvalue weighted by Gasteiger charge is 2.33. The normalized spacial score (nSPS) is 19.6. The molecule has 1 saturated carbocycles. The van der Waals surface area contributed by atoms with Crippen LogP contribution in [0.3, 0.4) is 0 Å². The SMILES string of the molecule is CC1CCC(c2nc3cc(C(C)(C)O)c(NC(=O)c4ccc(C(F)(F)F)nn4)cc3s2)CC1. The van der Waals surface area contributed by atoms with Gasteiger partial charge in [-0.15, -0.1) is 21.5 Å². The third kappa shape index (κ3) is 5.16. The Morgan fingerprint density at radius 1 is 1.12 bits per heavy atom. The van der Waals surface area contributed by atoms with Gasteiger partial charge in [-0.25, -0.2) is 4.98 Å². The Bertz CT molecular complexity index is 1160. The second-order valence-electron chi connectivity index (χ2n) is 9.19. The molecule has 2 heterocycles. The van der Waals surface area contributed by atoms with Crippen LogP contribution in [0, 0.1) is 5.92 Å². The second-order valence-corrected chi connectivity index (χ2v) is 10.3. The number of nitrogens with zero attached hydrogens (tertiary/aromatic N) is 3. The number of alkyl halides is 3. The van der Waals surface area contributed by atoms with Gasteiger partial charge in [0, 0.05) is 17.2 Å². The number of aromatic nitrogens is 3. The first-order valence-electron chi connectivity index (χ1n) is 10.8. The molecule has 4 rings (SSSR count). The van der Waals surface area contributed by atoms with Gasteiger partial charge in [-0.05, 0) is 56.9 Å². The van der Waals surface area contributed by atoms with E-state index in [1.54, 1.807) is 37.3 Å². The molecule has 1 aromatic carbocycles. The van der Waals surface area contributed by atoms with E-state index in [1.807, 2.05) is 0 Å². The van der Waals surface area contributed by atoms with Gasteiger partial charge in [0.05, 0.1) is 20.8 Å². The number of anilines is 1. The fraction of sp³-hybridized carbons (Fsp3) is 0.478. The average Bonchev–Trinajstić information content (AvgIpc) is 3.15. The standard InChI is InChI=1S/C23H25F3N4O2S/c1-12-4-6-13(7-5-12)21-28-17-10-14(22(2,3)32)16(11-18(17)33-21)27-20(31)15-8-9-19(30-29-15)23(24,25)26/h8-13,32H,4-7H2,1-3H3,(H,27,31). The maximum Gasteiger partial charge on any atom is 0.435 e. The van der Waals surface area contributed by atoms with Crippen LogP contribution >= 0.6 is 11.3 Å². The van der Waals surface area contributed by atoms with Crippen LogP contribution in [-0.4, -0.2) is 26.2 Å². The number of hydrogen-bond acceptors (Lipinski definition) is 6. The van der Waals surface area contributed by atoms with E-state index in [9.17, 15) is 23.1 Å². The molecule has 0 atom stereocenters. The summed E-state index contributed by atoms with van der Waals surface area (Å²) in [4.78, 5) is 17.5. The zero-order valence-corrected chi connectivity index (χ0v) is 19.3. The van der Waals surface area contributed by atoms with E-state index in [4.69, 9.17) is 4.98 Å². The molecule has 6 nitrogen and oxygen atoms in total. The molecule has 1 fully saturated rings. The lowest BCUT2D eigenvalue weighted by Crippen LogP contribution is -2.22. The number of hydrogen-bond donors (Lipinski definition) is 2. The van der Waals surface area contributed by atoms with E-state index >= 15 is 0 Å². The number of amides is 1. The van der Waals surface area contributed by atoms with Crippen molar-refractivity contribution in [1.82, 2.24) is 15.2 Å². The Balaban J connectivity index is 1.64. The fourth-order valence-corrected chi connectivity index (χ4v) is 5.23. The zero-order valence-electron chi connectivity index (χ0n) is 18.5. The molecule has 0 radical (unpaired) electrons. The Labute approximate surface area is 193 Å². The number of rotatable bonds is 4. The molecule has 33 heavy (non-hydrogen) atoms. The molecular weight excluding hydrogens is 453 g/mol. The summed E-state index contributed by atoms with van der Waals surface area (Å²) in [7, 11) is 0. The number of halogens is 3. The molecule has 3 aromatic rings. The van der Waals surface area contributed by atoms with Crippen molar-refractivity contribution in [3.05, 3.63) is 46.2 Å². The molecule has 0 spiro atoms. The lowest BCUT2D eigenvalue weighted by molar-refractivity contribution is -0.141. The molecular formula is C23H25F3N4O2S. The molecule has 1 aliphatic rings. The number of carbonyl (C=O) groups is 1. The van der Waals surface area contributed by atoms with Crippen molar-refractivity contribution in [3.8, 4) is 0 Å². The van der Waals surface area contributed by atoms with E-state index in [-0.39, 0.29) is 5.69 Å². The molecule has 1 amide bonds. The van der Waals surface area contributed by atoms with Crippen LogP contribution in [0.25, 0.3) is 10.2 Å². The van der Waals surface area contributed by atoms with Crippen LogP contribution in [0.15, 0.2) is 24.3 Å². The molecule has 2 aromatic heterocycles. The van der Waals surface area contributed by atoms with Gasteiger partial charge in [-0.2, -0.15) is 13.2 Å². The minimum Gasteiger partial charge on any atom is -0.386 e. The first-order chi connectivity index (χ1) is 15.4. The Kier molecular flexibility index (Phi) is 6.17. The first-order valence-corrected chi connectivity index (χ1v) is 11.6. The minimum absolute atomic E-state index is 0.258. The van der Waals surface area contributed by atoms with Crippen LogP contribution in [-0.2, 0) is 11.8 Å². The Hall–Kier alpha value is -2.59. The summed E-state index contributed by atoms with van der Waals surface area (Å²) in [6.45, 7) is 5.45. The smallest absolute Gasteiger partial charge is 0.386 e. The third-order valence-corrected chi connectivity index (χ3v) is 7.18. The van der Waals surface area contributed by atoms with E-state index in [0.717, 1.165) is 40.1 Å². The molecule has 0 bridgehead atoms. The average molecular weight is 479 g/mol. The Morgan fingerprint density at radius 3 is 2.39 bits per heavy atom. The van der Waals surface area contributed by atoms with Crippen LogP contribution in [0.4, 0.5) is 18.9 Å².